The van der Waals surface area contributed by atoms with Crippen molar-refractivity contribution in [3.8, 4) is 11.5 Å². The van der Waals surface area contributed by atoms with Crippen LogP contribution in [0.3, 0.4) is 0 Å². The second kappa shape index (κ2) is 5.55. The minimum Gasteiger partial charge on any atom is -0.486 e. The summed E-state index contributed by atoms with van der Waals surface area (Å²) in [7, 11) is 0. The van der Waals surface area contributed by atoms with E-state index in [1.807, 2.05) is 12.1 Å². The summed E-state index contributed by atoms with van der Waals surface area (Å²) in [6.07, 6.45) is 0.791. The van der Waals surface area contributed by atoms with Gasteiger partial charge in [0, 0.05) is 6.04 Å². The van der Waals surface area contributed by atoms with Gasteiger partial charge >= 0.3 is 0 Å². The van der Waals surface area contributed by atoms with Gasteiger partial charge in [-0.3, -0.25) is 0 Å². The first-order valence-corrected chi connectivity index (χ1v) is 6.93. The zero-order chi connectivity index (χ0) is 13.9. The van der Waals surface area contributed by atoms with Gasteiger partial charge in [-0.2, -0.15) is 0 Å². The molecule has 3 heteroatoms. The predicted octanol–water partition coefficient (Wildman–Crippen LogP) is 3.01. The van der Waals surface area contributed by atoms with Crippen LogP contribution < -0.4 is 15.2 Å². The highest BCUT2D eigenvalue weighted by Gasteiger charge is 2.13. The molecule has 1 heterocycles. The number of nitrogens with two attached hydrogens (primary N) is 1. The van der Waals surface area contributed by atoms with Gasteiger partial charge in [-0.05, 0) is 36.6 Å². The molecule has 2 N–H and O–H groups in total. The monoisotopic (exact) mass is 269 g/mol. The third-order valence-electron chi connectivity index (χ3n) is 3.57. The molecule has 0 aliphatic carbocycles. The summed E-state index contributed by atoms with van der Waals surface area (Å²) < 4.78 is 11.1. The van der Waals surface area contributed by atoms with E-state index >= 15 is 0 Å². The zero-order valence-electron chi connectivity index (χ0n) is 11.6. The van der Waals surface area contributed by atoms with E-state index in [9.17, 15) is 0 Å². The molecule has 0 radical (unpaired) electrons. The number of aryl methyl sites for hydroxylation is 1. The van der Waals surface area contributed by atoms with Crippen molar-refractivity contribution < 1.29 is 9.47 Å². The summed E-state index contributed by atoms with van der Waals surface area (Å²) in [6.45, 7) is 3.31. The van der Waals surface area contributed by atoms with Crippen molar-refractivity contribution in [3.05, 3.63) is 59.2 Å². The van der Waals surface area contributed by atoms with Crippen molar-refractivity contribution in [2.24, 2.45) is 5.73 Å². The van der Waals surface area contributed by atoms with Crippen LogP contribution in [-0.4, -0.2) is 13.2 Å². The van der Waals surface area contributed by atoms with Crippen LogP contribution in [0.4, 0.5) is 0 Å². The van der Waals surface area contributed by atoms with Gasteiger partial charge in [0.1, 0.15) is 13.2 Å². The summed E-state index contributed by atoms with van der Waals surface area (Å²) >= 11 is 0. The first-order chi connectivity index (χ1) is 9.72. The van der Waals surface area contributed by atoms with Gasteiger partial charge < -0.3 is 15.2 Å². The number of hydrogen-bond acceptors (Lipinski definition) is 3. The fraction of sp³-hybridized carbons (Fsp3) is 0.294. The van der Waals surface area contributed by atoms with Crippen LogP contribution in [0.1, 0.15) is 22.7 Å². The SMILES string of the molecule is Cc1ccc(C(N)Cc2ccc3c(c2)OCCO3)cc1. The molecular weight excluding hydrogens is 250 g/mol. The Morgan fingerprint density at radius 3 is 2.45 bits per heavy atom. The summed E-state index contributed by atoms with van der Waals surface area (Å²) in [5, 5.41) is 0. The normalized spacial score (nSPS) is 14.9. The van der Waals surface area contributed by atoms with E-state index in [4.69, 9.17) is 15.2 Å². The lowest BCUT2D eigenvalue weighted by molar-refractivity contribution is 0.171. The molecule has 3 nitrogen and oxygen atoms in total. The molecule has 3 rings (SSSR count). The summed E-state index contributed by atoms with van der Waals surface area (Å²) in [6, 6.07) is 14.4. The number of fused-ring (bicyclic) bond motifs is 1. The number of ether oxygens (including phenoxy) is 2. The van der Waals surface area contributed by atoms with Gasteiger partial charge in [0.15, 0.2) is 11.5 Å². The van der Waals surface area contributed by atoms with Crippen molar-refractivity contribution in [1.82, 2.24) is 0 Å². The van der Waals surface area contributed by atoms with Gasteiger partial charge in [0.25, 0.3) is 0 Å². The van der Waals surface area contributed by atoms with Crippen LogP contribution in [0.2, 0.25) is 0 Å². The molecule has 0 spiro atoms. The lowest BCUT2D eigenvalue weighted by Crippen LogP contribution is -2.16. The van der Waals surface area contributed by atoms with Crippen molar-refractivity contribution in [3.63, 3.8) is 0 Å². The Morgan fingerprint density at radius 2 is 1.70 bits per heavy atom. The average molecular weight is 269 g/mol. The highest BCUT2D eigenvalue weighted by Crippen LogP contribution is 2.31. The molecule has 2 aromatic carbocycles. The molecule has 1 atom stereocenters. The molecule has 104 valence electrons. The fourth-order valence-electron chi connectivity index (χ4n) is 2.40. The van der Waals surface area contributed by atoms with Crippen molar-refractivity contribution >= 4 is 0 Å². The summed E-state index contributed by atoms with van der Waals surface area (Å²) in [5.41, 5.74) is 9.86. The summed E-state index contributed by atoms with van der Waals surface area (Å²) in [4.78, 5) is 0. The third kappa shape index (κ3) is 2.78. The molecule has 1 aliphatic heterocycles. The maximum atomic E-state index is 6.28. The Hall–Kier alpha value is -2.00. The van der Waals surface area contributed by atoms with Crippen LogP contribution >= 0.6 is 0 Å². The minimum absolute atomic E-state index is 0.00170. The minimum atomic E-state index is -0.00170. The largest absolute Gasteiger partial charge is 0.486 e. The smallest absolute Gasteiger partial charge is 0.161 e. The van der Waals surface area contributed by atoms with Gasteiger partial charge in [0.05, 0.1) is 0 Å². The average Bonchev–Trinajstić information content (AvgIpc) is 2.48. The van der Waals surface area contributed by atoms with E-state index in [-0.39, 0.29) is 6.04 Å². The van der Waals surface area contributed by atoms with E-state index in [0.717, 1.165) is 23.5 Å². The van der Waals surface area contributed by atoms with Crippen LogP contribution in [0.5, 0.6) is 11.5 Å². The molecule has 0 fully saturated rings. The number of benzene rings is 2. The van der Waals surface area contributed by atoms with E-state index in [0.29, 0.717) is 13.2 Å². The molecule has 1 unspecified atom stereocenters. The maximum Gasteiger partial charge on any atom is 0.161 e. The Kier molecular flexibility index (Phi) is 3.61. The maximum absolute atomic E-state index is 6.28. The Balaban J connectivity index is 1.75. The fourth-order valence-corrected chi connectivity index (χ4v) is 2.40. The first kappa shape index (κ1) is 13.0. The second-order valence-corrected chi connectivity index (χ2v) is 5.20. The van der Waals surface area contributed by atoms with Crippen LogP contribution in [-0.2, 0) is 6.42 Å². The molecule has 0 saturated carbocycles. The van der Waals surface area contributed by atoms with Crippen LogP contribution in [0.25, 0.3) is 0 Å². The van der Waals surface area contributed by atoms with Crippen LogP contribution in [0, 0.1) is 6.92 Å². The van der Waals surface area contributed by atoms with Crippen molar-refractivity contribution in [2.75, 3.05) is 13.2 Å². The van der Waals surface area contributed by atoms with Gasteiger partial charge in [0.2, 0.25) is 0 Å². The lowest BCUT2D eigenvalue weighted by Gasteiger charge is -2.20. The molecule has 0 bridgehead atoms. The Bertz CT molecular complexity index is 592. The Morgan fingerprint density at radius 1 is 1.00 bits per heavy atom. The van der Waals surface area contributed by atoms with Crippen molar-refractivity contribution in [2.45, 2.75) is 19.4 Å². The third-order valence-corrected chi connectivity index (χ3v) is 3.57. The van der Waals surface area contributed by atoms with Gasteiger partial charge in [-0.15, -0.1) is 0 Å². The molecule has 0 amide bonds. The zero-order valence-corrected chi connectivity index (χ0v) is 11.6. The first-order valence-electron chi connectivity index (χ1n) is 6.93. The van der Waals surface area contributed by atoms with Crippen molar-refractivity contribution in [1.29, 1.82) is 0 Å². The molecule has 0 saturated heterocycles. The standard InChI is InChI=1S/C17H19NO2/c1-12-2-5-14(6-3-12)15(18)10-13-4-7-16-17(11-13)20-9-8-19-16/h2-7,11,15H,8-10,18H2,1H3. The van der Waals surface area contributed by atoms with E-state index in [1.165, 1.54) is 11.1 Å². The molecular formula is C17H19NO2. The quantitative estimate of drug-likeness (QED) is 0.931. The lowest BCUT2D eigenvalue weighted by atomic mass is 9.98. The van der Waals surface area contributed by atoms with E-state index in [2.05, 4.69) is 37.3 Å². The Labute approximate surface area is 119 Å². The number of hydrogen-bond donors (Lipinski definition) is 1. The molecule has 0 aromatic heterocycles. The molecule has 20 heavy (non-hydrogen) atoms. The molecule has 2 aromatic rings. The predicted molar refractivity (Wildman–Crippen MR) is 79.2 cm³/mol. The van der Waals surface area contributed by atoms with E-state index in [1.54, 1.807) is 0 Å². The highest BCUT2D eigenvalue weighted by molar-refractivity contribution is 5.44. The highest BCUT2D eigenvalue weighted by atomic mass is 16.6. The second-order valence-electron chi connectivity index (χ2n) is 5.20. The summed E-state index contributed by atoms with van der Waals surface area (Å²) in [5.74, 6) is 1.65. The topological polar surface area (TPSA) is 44.5 Å². The van der Waals surface area contributed by atoms with E-state index < -0.39 is 0 Å². The van der Waals surface area contributed by atoms with Gasteiger partial charge in [-0.1, -0.05) is 35.9 Å². The number of rotatable bonds is 3. The van der Waals surface area contributed by atoms with Crippen LogP contribution in [0.15, 0.2) is 42.5 Å². The molecule has 1 aliphatic rings. The van der Waals surface area contributed by atoms with Gasteiger partial charge in [-0.25, -0.2) is 0 Å².